The summed E-state index contributed by atoms with van der Waals surface area (Å²) in [6.45, 7) is 10.2. The monoisotopic (exact) mass is 294 g/mol. The minimum absolute atomic E-state index is 0.308. The molecule has 0 aromatic rings. The lowest BCUT2D eigenvalue weighted by Crippen LogP contribution is -2.50. The summed E-state index contributed by atoms with van der Waals surface area (Å²) in [5.41, 5.74) is 0.337. The number of ether oxygens (including phenoxy) is 1. The maximum atomic E-state index is 13.3. The number of carbonyl (C=O) groups excluding carboxylic acids is 1. The molecular formula is C17H30N2O2. The van der Waals surface area contributed by atoms with Gasteiger partial charge >= 0.3 is 0 Å². The minimum Gasteiger partial charge on any atom is -0.384 e. The molecule has 21 heavy (non-hydrogen) atoms. The van der Waals surface area contributed by atoms with Crippen LogP contribution in [0.1, 0.15) is 46.5 Å². The topological polar surface area (TPSA) is 41.6 Å². The average Bonchev–Trinajstić information content (AvgIpc) is 2.91. The molecule has 2 saturated heterocycles. The zero-order chi connectivity index (χ0) is 15.3. The van der Waals surface area contributed by atoms with Gasteiger partial charge in [-0.25, -0.2) is 0 Å². The molecule has 1 aliphatic carbocycles. The van der Waals surface area contributed by atoms with Crippen molar-refractivity contribution in [3.63, 3.8) is 0 Å². The van der Waals surface area contributed by atoms with Gasteiger partial charge in [0.25, 0.3) is 0 Å². The Morgan fingerprint density at radius 2 is 2.10 bits per heavy atom. The Morgan fingerprint density at radius 1 is 1.33 bits per heavy atom. The normalized spacial score (nSPS) is 41.5. The first-order chi connectivity index (χ1) is 9.79. The van der Waals surface area contributed by atoms with E-state index < -0.39 is 0 Å². The molecule has 2 aliphatic heterocycles. The number of carbonyl (C=O) groups is 1. The fraction of sp³-hybridized carbons (Fsp3) is 0.941. The number of nitrogens with zero attached hydrogens (tertiary/aromatic N) is 1. The second kappa shape index (κ2) is 4.95. The predicted octanol–water partition coefficient (Wildman–Crippen LogP) is 2.04. The van der Waals surface area contributed by atoms with Crippen LogP contribution in [0.2, 0.25) is 0 Å². The van der Waals surface area contributed by atoms with Crippen molar-refractivity contribution < 1.29 is 9.53 Å². The molecule has 1 amide bonds. The van der Waals surface area contributed by atoms with Crippen molar-refractivity contribution in [2.75, 3.05) is 33.4 Å². The van der Waals surface area contributed by atoms with Crippen LogP contribution in [0.25, 0.3) is 0 Å². The van der Waals surface area contributed by atoms with Gasteiger partial charge in [0, 0.05) is 26.2 Å². The van der Waals surface area contributed by atoms with E-state index in [1.807, 2.05) is 0 Å². The second-order valence-electron chi connectivity index (χ2n) is 8.79. The SMILES string of the molecule is COCC1(C(=O)N2CC3(C)CC2CC(C)(C)C3)CCNC1. The minimum atomic E-state index is -0.327. The molecule has 0 aromatic carbocycles. The zero-order valence-corrected chi connectivity index (χ0v) is 14.0. The maximum absolute atomic E-state index is 13.3. The van der Waals surface area contributed by atoms with Gasteiger partial charge in [-0.15, -0.1) is 0 Å². The average molecular weight is 294 g/mol. The van der Waals surface area contributed by atoms with Crippen LogP contribution < -0.4 is 5.32 Å². The van der Waals surface area contributed by atoms with E-state index in [0.717, 1.165) is 32.5 Å². The van der Waals surface area contributed by atoms with Crippen LogP contribution in [0.3, 0.4) is 0 Å². The summed E-state index contributed by atoms with van der Waals surface area (Å²) < 4.78 is 5.40. The Morgan fingerprint density at radius 3 is 2.71 bits per heavy atom. The van der Waals surface area contributed by atoms with Gasteiger partial charge in [0.1, 0.15) is 0 Å². The van der Waals surface area contributed by atoms with Crippen molar-refractivity contribution in [3.8, 4) is 0 Å². The number of amides is 1. The molecule has 0 radical (unpaired) electrons. The van der Waals surface area contributed by atoms with Crippen LogP contribution in [0.15, 0.2) is 0 Å². The Labute approximate surface area is 128 Å². The van der Waals surface area contributed by atoms with Gasteiger partial charge in [-0.2, -0.15) is 0 Å². The van der Waals surface area contributed by atoms with Crippen molar-refractivity contribution in [1.29, 1.82) is 0 Å². The molecule has 2 bridgehead atoms. The Kier molecular flexibility index (Phi) is 3.61. The second-order valence-corrected chi connectivity index (χ2v) is 8.79. The van der Waals surface area contributed by atoms with Crippen molar-refractivity contribution in [1.82, 2.24) is 10.2 Å². The molecule has 3 aliphatic rings. The number of fused-ring (bicyclic) bond motifs is 2. The van der Waals surface area contributed by atoms with Gasteiger partial charge in [0.2, 0.25) is 5.91 Å². The van der Waals surface area contributed by atoms with Crippen LogP contribution in [0.5, 0.6) is 0 Å². The molecule has 120 valence electrons. The summed E-state index contributed by atoms with van der Waals surface area (Å²) in [6, 6.07) is 0.431. The van der Waals surface area contributed by atoms with E-state index in [1.54, 1.807) is 7.11 Å². The molecule has 3 fully saturated rings. The molecular weight excluding hydrogens is 264 g/mol. The number of rotatable bonds is 3. The molecule has 3 atom stereocenters. The van der Waals surface area contributed by atoms with E-state index in [-0.39, 0.29) is 5.41 Å². The van der Waals surface area contributed by atoms with Gasteiger partial charge in [0.05, 0.1) is 12.0 Å². The van der Waals surface area contributed by atoms with Crippen molar-refractivity contribution in [2.45, 2.75) is 52.5 Å². The summed E-state index contributed by atoms with van der Waals surface area (Å²) in [4.78, 5) is 15.5. The van der Waals surface area contributed by atoms with E-state index in [0.29, 0.717) is 29.4 Å². The predicted molar refractivity (Wildman–Crippen MR) is 83.0 cm³/mol. The van der Waals surface area contributed by atoms with Crippen molar-refractivity contribution in [2.24, 2.45) is 16.2 Å². The Hall–Kier alpha value is -0.610. The number of likely N-dealkylation sites (tertiary alicyclic amines) is 1. The highest BCUT2D eigenvalue weighted by molar-refractivity contribution is 5.84. The molecule has 4 nitrogen and oxygen atoms in total. The van der Waals surface area contributed by atoms with E-state index in [4.69, 9.17) is 4.74 Å². The molecule has 3 rings (SSSR count). The molecule has 2 heterocycles. The summed E-state index contributed by atoms with van der Waals surface area (Å²) in [5, 5.41) is 3.36. The Bertz CT molecular complexity index is 429. The third-order valence-electron chi connectivity index (χ3n) is 5.79. The highest BCUT2D eigenvalue weighted by Gasteiger charge is 2.54. The molecule has 3 unspecified atom stereocenters. The van der Waals surface area contributed by atoms with E-state index in [1.165, 1.54) is 12.8 Å². The van der Waals surface area contributed by atoms with Gasteiger partial charge in [-0.1, -0.05) is 20.8 Å². The van der Waals surface area contributed by atoms with Gasteiger partial charge in [0.15, 0.2) is 0 Å². The lowest BCUT2D eigenvalue weighted by Gasteiger charge is -2.40. The summed E-state index contributed by atoms with van der Waals surface area (Å²) >= 11 is 0. The first-order valence-electron chi connectivity index (χ1n) is 8.30. The molecule has 4 heteroatoms. The van der Waals surface area contributed by atoms with Crippen LogP contribution >= 0.6 is 0 Å². The lowest BCUT2D eigenvalue weighted by atomic mass is 9.65. The first kappa shape index (κ1) is 15.3. The summed E-state index contributed by atoms with van der Waals surface area (Å²) in [6.07, 6.45) is 4.46. The third kappa shape index (κ3) is 2.61. The Balaban J connectivity index is 1.82. The highest BCUT2D eigenvalue weighted by Crippen LogP contribution is 2.53. The van der Waals surface area contributed by atoms with Crippen LogP contribution in [-0.2, 0) is 9.53 Å². The fourth-order valence-corrected chi connectivity index (χ4v) is 5.39. The number of nitrogens with one attached hydrogen (secondary N) is 1. The van der Waals surface area contributed by atoms with Crippen molar-refractivity contribution >= 4 is 5.91 Å². The standard InChI is InChI=1S/C17H30N2O2/c1-15(2)7-13-8-16(3,9-15)11-19(13)14(20)17(12-21-4)5-6-18-10-17/h13,18H,5-12H2,1-4H3. The van der Waals surface area contributed by atoms with Crippen LogP contribution in [0.4, 0.5) is 0 Å². The highest BCUT2D eigenvalue weighted by atomic mass is 16.5. The molecule has 0 spiro atoms. The molecule has 1 N–H and O–H groups in total. The van der Waals surface area contributed by atoms with Gasteiger partial charge in [-0.05, 0) is 43.1 Å². The van der Waals surface area contributed by atoms with E-state index in [2.05, 4.69) is 31.0 Å². The zero-order valence-electron chi connectivity index (χ0n) is 14.0. The van der Waals surface area contributed by atoms with E-state index in [9.17, 15) is 4.79 Å². The quantitative estimate of drug-likeness (QED) is 0.866. The van der Waals surface area contributed by atoms with E-state index >= 15 is 0 Å². The lowest BCUT2D eigenvalue weighted by molar-refractivity contribution is -0.145. The molecule has 1 saturated carbocycles. The number of hydrogen-bond donors (Lipinski definition) is 1. The summed E-state index contributed by atoms with van der Waals surface area (Å²) in [7, 11) is 1.71. The third-order valence-corrected chi connectivity index (χ3v) is 5.79. The van der Waals surface area contributed by atoms with Crippen molar-refractivity contribution in [3.05, 3.63) is 0 Å². The fourth-order valence-electron chi connectivity index (χ4n) is 5.39. The number of hydrogen-bond acceptors (Lipinski definition) is 3. The first-order valence-corrected chi connectivity index (χ1v) is 8.30. The maximum Gasteiger partial charge on any atom is 0.232 e. The smallest absolute Gasteiger partial charge is 0.232 e. The largest absolute Gasteiger partial charge is 0.384 e. The van der Waals surface area contributed by atoms with Gasteiger partial charge in [-0.3, -0.25) is 4.79 Å². The van der Waals surface area contributed by atoms with Crippen LogP contribution in [-0.4, -0.2) is 50.2 Å². The summed E-state index contributed by atoms with van der Waals surface area (Å²) in [5.74, 6) is 0.334. The van der Waals surface area contributed by atoms with Crippen LogP contribution in [0, 0.1) is 16.2 Å². The van der Waals surface area contributed by atoms with Gasteiger partial charge < -0.3 is 15.0 Å². The molecule has 0 aromatic heterocycles. The number of methoxy groups -OCH3 is 1.